The van der Waals surface area contributed by atoms with E-state index in [-0.39, 0.29) is 0 Å². The molecule has 0 saturated heterocycles. The van der Waals surface area contributed by atoms with Crippen molar-refractivity contribution in [3.05, 3.63) is 35.4 Å². The maximum atomic E-state index is 2.26. The average molecular weight is 220 g/mol. The van der Waals surface area contributed by atoms with Crippen molar-refractivity contribution in [2.75, 3.05) is 41.3 Å². The average Bonchev–Trinajstić information content (AvgIpc) is 2.25. The van der Waals surface area contributed by atoms with Crippen LogP contribution in [0.4, 0.5) is 0 Å². The zero-order chi connectivity index (χ0) is 12.0. The zero-order valence-electron chi connectivity index (χ0n) is 11.0. The van der Waals surface area contributed by atoms with Crippen molar-refractivity contribution in [3.8, 4) is 0 Å². The topological polar surface area (TPSA) is 6.48 Å². The van der Waals surface area contributed by atoms with E-state index < -0.39 is 0 Å². The Kier molecular flexibility index (Phi) is 5.50. The van der Waals surface area contributed by atoms with Crippen LogP contribution in [-0.4, -0.2) is 51.1 Å². The molecular weight excluding hydrogens is 196 g/mol. The van der Waals surface area contributed by atoms with Crippen LogP contribution in [0.15, 0.2) is 24.3 Å². The van der Waals surface area contributed by atoms with E-state index in [1.807, 2.05) is 0 Å². The first kappa shape index (κ1) is 13.2. The Bertz CT molecular complexity index is 257. The lowest BCUT2D eigenvalue weighted by molar-refractivity contribution is 0.412. The quantitative estimate of drug-likeness (QED) is 0.722. The Hall–Kier alpha value is -0.860. The van der Waals surface area contributed by atoms with Crippen molar-refractivity contribution in [2.45, 2.75) is 12.8 Å². The molecule has 0 aliphatic rings. The molecule has 0 amide bonds. The van der Waals surface area contributed by atoms with Gasteiger partial charge in [0.25, 0.3) is 0 Å². The van der Waals surface area contributed by atoms with Gasteiger partial charge in [0.15, 0.2) is 0 Å². The number of hydrogen-bond acceptors (Lipinski definition) is 2. The molecule has 16 heavy (non-hydrogen) atoms. The molecule has 1 rings (SSSR count). The van der Waals surface area contributed by atoms with E-state index in [9.17, 15) is 0 Å². The van der Waals surface area contributed by atoms with Gasteiger partial charge in [0, 0.05) is 13.1 Å². The lowest BCUT2D eigenvalue weighted by Crippen LogP contribution is -2.15. The first-order valence-corrected chi connectivity index (χ1v) is 5.95. The number of rotatable bonds is 6. The van der Waals surface area contributed by atoms with Crippen molar-refractivity contribution in [1.29, 1.82) is 0 Å². The van der Waals surface area contributed by atoms with Crippen LogP contribution in [0.1, 0.15) is 11.1 Å². The van der Waals surface area contributed by atoms with Gasteiger partial charge in [0.2, 0.25) is 0 Å². The maximum absolute atomic E-state index is 2.26. The van der Waals surface area contributed by atoms with Gasteiger partial charge in [-0.2, -0.15) is 0 Å². The summed E-state index contributed by atoms with van der Waals surface area (Å²) in [6.45, 7) is 2.24. The highest BCUT2D eigenvalue weighted by Gasteiger charge is 1.97. The first-order valence-electron chi connectivity index (χ1n) is 5.95. The van der Waals surface area contributed by atoms with Gasteiger partial charge in [-0.25, -0.2) is 0 Å². The Labute approximate surface area is 99.9 Å². The van der Waals surface area contributed by atoms with E-state index in [2.05, 4.69) is 62.3 Å². The summed E-state index contributed by atoms with van der Waals surface area (Å²) >= 11 is 0. The zero-order valence-corrected chi connectivity index (χ0v) is 11.0. The number of nitrogens with zero attached hydrogens (tertiary/aromatic N) is 2. The summed E-state index contributed by atoms with van der Waals surface area (Å²) in [7, 11) is 8.47. The van der Waals surface area contributed by atoms with Crippen molar-refractivity contribution in [3.63, 3.8) is 0 Å². The molecule has 0 heterocycles. The summed E-state index contributed by atoms with van der Waals surface area (Å²) in [6, 6.07) is 9.03. The predicted molar refractivity (Wildman–Crippen MR) is 71.0 cm³/mol. The van der Waals surface area contributed by atoms with Crippen LogP contribution in [0.25, 0.3) is 0 Å². The van der Waals surface area contributed by atoms with E-state index >= 15 is 0 Å². The molecule has 2 heteroatoms. The summed E-state index contributed by atoms with van der Waals surface area (Å²) in [4.78, 5) is 4.44. The van der Waals surface area contributed by atoms with Gasteiger partial charge in [-0.1, -0.05) is 24.3 Å². The van der Waals surface area contributed by atoms with Gasteiger partial charge in [-0.15, -0.1) is 0 Å². The third-order valence-corrected chi connectivity index (χ3v) is 2.72. The minimum atomic E-state index is 1.12. The van der Waals surface area contributed by atoms with Crippen molar-refractivity contribution in [1.82, 2.24) is 9.80 Å². The van der Waals surface area contributed by atoms with Gasteiger partial charge < -0.3 is 9.80 Å². The van der Waals surface area contributed by atoms with E-state index in [0.717, 1.165) is 25.9 Å². The van der Waals surface area contributed by atoms with Gasteiger partial charge >= 0.3 is 0 Å². The second kappa shape index (κ2) is 6.66. The molecule has 0 unspecified atom stereocenters. The molecule has 90 valence electrons. The summed E-state index contributed by atoms with van der Waals surface area (Å²) in [5.74, 6) is 0. The molecule has 1 aromatic rings. The highest BCUT2D eigenvalue weighted by molar-refractivity contribution is 5.23. The Morgan fingerprint density at radius 2 is 1.00 bits per heavy atom. The standard InChI is InChI=1S/C14H24N2/c1-15(2)11-9-13-5-7-14(8-6-13)10-12-16(3)4/h5-8H,9-12H2,1-4H3. The third kappa shape index (κ3) is 5.29. The molecule has 0 atom stereocenters. The second-order valence-electron chi connectivity index (χ2n) is 4.92. The largest absolute Gasteiger partial charge is 0.309 e. The highest BCUT2D eigenvalue weighted by atomic mass is 15.0. The monoisotopic (exact) mass is 220 g/mol. The highest BCUT2D eigenvalue weighted by Crippen LogP contribution is 2.06. The number of benzene rings is 1. The first-order chi connectivity index (χ1) is 7.58. The fraction of sp³-hybridized carbons (Fsp3) is 0.571. The summed E-state index contributed by atoms with van der Waals surface area (Å²) in [5.41, 5.74) is 2.87. The molecule has 0 fully saturated rings. The van der Waals surface area contributed by atoms with Crippen molar-refractivity contribution < 1.29 is 0 Å². The summed E-state index contributed by atoms with van der Waals surface area (Å²) in [6.07, 6.45) is 2.28. The van der Waals surface area contributed by atoms with Crippen LogP contribution < -0.4 is 0 Å². The molecule has 0 N–H and O–H groups in total. The van der Waals surface area contributed by atoms with Gasteiger partial charge in [0.1, 0.15) is 0 Å². The van der Waals surface area contributed by atoms with Crippen LogP contribution in [0.2, 0.25) is 0 Å². The van der Waals surface area contributed by atoms with E-state index in [1.54, 1.807) is 0 Å². The van der Waals surface area contributed by atoms with Crippen molar-refractivity contribution >= 4 is 0 Å². The molecule has 0 aromatic heterocycles. The van der Waals surface area contributed by atoms with E-state index in [4.69, 9.17) is 0 Å². The normalized spacial score (nSPS) is 11.4. The molecule has 0 aliphatic heterocycles. The Morgan fingerprint density at radius 3 is 1.25 bits per heavy atom. The summed E-state index contributed by atoms with van der Waals surface area (Å²) in [5, 5.41) is 0. The van der Waals surface area contributed by atoms with Crippen LogP contribution in [0.5, 0.6) is 0 Å². The fourth-order valence-electron chi connectivity index (χ4n) is 1.58. The lowest BCUT2D eigenvalue weighted by Gasteiger charge is -2.11. The second-order valence-corrected chi connectivity index (χ2v) is 4.92. The van der Waals surface area contributed by atoms with Crippen molar-refractivity contribution in [2.24, 2.45) is 0 Å². The predicted octanol–water partition coefficient (Wildman–Crippen LogP) is 1.89. The van der Waals surface area contributed by atoms with Gasteiger partial charge in [-0.3, -0.25) is 0 Å². The lowest BCUT2D eigenvalue weighted by atomic mass is 10.1. The Balaban J connectivity index is 2.41. The van der Waals surface area contributed by atoms with Gasteiger partial charge in [-0.05, 0) is 52.2 Å². The van der Waals surface area contributed by atoms with Crippen LogP contribution >= 0.6 is 0 Å². The Morgan fingerprint density at radius 1 is 0.688 bits per heavy atom. The van der Waals surface area contributed by atoms with E-state index in [0.29, 0.717) is 0 Å². The summed E-state index contributed by atoms with van der Waals surface area (Å²) < 4.78 is 0. The SMILES string of the molecule is CN(C)CCc1ccc(CCN(C)C)cc1. The number of hydrogen-bond donors (Lipinski definition) is 0. The molecule has 1 aromatic carbocycles. The minimum absolute atomic E-state index is 1.12. The minimum Gasteiger partial charge on any atom is -0.309 e. The maximum Gasteiger partial charge on any atom is 0.00157 e. The van der Waals surface area contributed by atoms with Crippen LogP contribution in [-0.2, 0) is 12.8 Å². The van der Waals surface area contributed by atoms with E-state index in [1.165, 1.54) is 11.1 Å². The molecular formula is C14H24N2. The van der Waals surface area contributed by atoms with Crippen LogP contribution in [0, 0.1) is 0 Å². The smallest absolute Gasteiger partial charge is 0.00157 e. The molecule has 0 aliphatic carbocycles. The fourth-order valence-corrected chi connectivity index (χ4v) is 1.58. The van der Waals surface area contributed by atoms with Gasteiger partial charge in [0.05, 0.1) is 0 Å². The third-order valence-electron chi connectivity index (χ3n) is 2.72. The molecule has 0 radical (unpaired) electrons. The molecule has 0 spiro atoms. The molecule has 2 nitrogen and oxygen atoms in total. The number of likely N-dealkylation sites (N-methyl/N-ethyl adjacent to an activating group) is 2. The molecule has 0 bridgehead atoms. The molecule has 0 saturated carbocycles. The van der Waals surface area contributed by atoms with Crippen LogP contribution in [0.3, 0.4) is 0 Å².